The minimum Gasteiger partial charge on any atom is -0.455 e. The maximum atomic E-state index is 6.69. The molecule has 1 aromatic heterocycles. The molecule has 9 aromatic carbocycles. The molecule has 0 fully saturated rings. The van der Waals surface area contributed by atoms with Crippen LogP contribution in [0.3, 0.4) is 0 Å². The quantitative estimate of drug-likeness (QED) is 0.170. The third-order valence-electron chi connectivity index (χ3n) is 11.3. The summed E-state index contributed by atoms with van der Waals surface area (Å²) in [6, 6.07) is 70.3. The van der Waals surface area contributed by atoms with Gasteiger partial charge in [-0.2, -0.15) is 0 Å². The largest absolute Gasteiger partial charge is 0.455 e. The van der Waals surface area contributed by atoms with E-state index in [-0.39, 0.29) is 5.41 Å². The molecule has 10 aromatic rings. The maximum absolute atomic E-state index is 6.69. The summed E-state index contributed by atoms with van der Waals surface area (Å²) in [6.45, 7) is 6.84. The fourth-order valence-corrected chi connectivity index (χ4v) is 8.33. The lowest BCUT2D eigenvalue weighted by molar-refractivity contribution is 0.590. The highest BCUT2D eigenvalue weighted by molar-refractivity contribution is 6.11. The Hall–Kier alpha value is -6.90. The molecule has 0 aliphatic carbocycles. The van der Waals surface area contributed by atoms with Gasteiger partial charge >= 0.3 is 0 Å². The first-order valence-corrected chi connectivity index (χ1v) is 19.4. The van der Waals surface area contributed by atoms with E-state index in [9.17, 15) is 0 Å². The van der Waals surface area contributed by atoms with Gasteiger partial charge in [0, 0.05) is 33.3 Å². The molecule has 268 valence electrons. The van der Waals surface area contributed by atoms with Crippen LogP contribution in [0.15, 0.2) is 199 Å². The van der Waals surface area contributed by atoms with Crippen molar-refractivity contribution in [3.05, 3.63) is 200 Å². The number of nitrogens with zero attached hydrogens (tertiary/aromatic N) is 1. The van der Waals surface area contributed by atoms with Gasteiger partial charge in [0.2, 0.25) is 0 Å². The Morgan fingerprint density at radius 1 is 0.393 bits per heavy atom. The normalized spacial score (nSPS) is 11.8. The van der Waals surface area contributed by atoms with E-state index in [0.717, 1.165) is 50.1 Å². The monoisotopic (exact) mass is 719 g/mol. The zero-order valence-corrected chi connectivity index (χ0v) is 31.8. The van der Waals surface area contributed by atoms with E-state index >= 15 is 0 Å². The summed E-state index contributed by atoms with van der Waals surface area (Å²) >= 11 is 0. The Bertz CT molecular complexity index is 2920. The van der Waals surface area contributed by atoms with E-state index in [1.165, 1.54) is 49.4 Å². The van der Waals surface area contributed by atoms with Crippen LogP contribution in [-0.4, -0.2) is 0 Å². The van der Waals surface area contributed by atoms with Gasteiger partial charge in [-0.25, -0.2) is 0 Å². The van der Waals surface area contributed by atoms with Crippen molar-refractivity contribution in [1.82, 2.24) is 0 Å². The first-order valence-electron chi connectivity index (χ1n) is 19.4. The van der Waals surface area contributed by atoms with Crippen LogP contribution in [0.1, 0.15) is 26.3 Å². The summed E-state index contributed by atoms with van der Waals surface area (Å²) in [7, 11) is 0. The molecule has 0 aliphatic heterocycles. The molecule has 2 heteroatoms. The molecule has 10 rings (SSSR count). The molecule has 56 heavy (non-hydrogen) atoms. The average Bonchev–Trinajstić information content (AvgIpc) is 3.63. The van der Waals surface area contributed by atoms with E-state index in [1.54, 1.807) is 0 Å². The van der Waals surface area contributed by atoms with Gasteiger partial charge in [0.15, 0.2) is 0 Å². The van der Waals surface area contributed by atoms with Crippen molar-refractivity contribution in [2.24, 2.45) is 0 Å². The van der Waals surface area contributed by atoms with E-state index in [2.05, 4.69) is 214 Å². The predicted octanol–water partition coefficient (Wildman–Crippen LogP) is 15.7. The summed E-state index contributed by atoms with van der Waals surface area (Å²) in [4.78, 5) is 2.41. The van der Waals surface area contributed by atoms with Crippen LogP contribution in [-0.2, 0) is 5.41 Å². The number of benzene rings is 9. The smallest absolute Gasteiger partial charge is 0.143 e. The number of para-hydroxylation sites is 2. The third kappa shape index (κ3) is 5.82. The van der Waals surface area contributed by atoms with Gasteiger partial charge in [-0.1, -0.05) is 172 Å². The molecule has 0 unspecified atom stereocenters. The second-order valence-electron chi connectivity index (χ2n) is 15.7. The van der Waals surface area contributed by atoms with Crippen molar-refractivity contribution < 1.29 is 4.42 Å². The summed E-state index contributed by atoms with van der Waals surface area (Å²) in [5, 5.41) is 7.24. The van der Waals surface area contributed by atoms with Gasteiger partial charge < -0.3 is 9.32 Å². The summed E-state index contributed by atoms with van der Waals surface area (Å²) < 4.78 is 6.69. The molecule has 0 radical (unpaired) electrons. The SMILES string of the molecule is CC(C)(C)c1ccc(N(c2ccc(-c3cccc4ccccc34)cc2)c2ccc(-c3cccc4ccccc34)cc2)c(-c2cccc3c2oc2ccccc23)c1. The highest BCUT2D eigenvalue weighted by Gasteiger charge is 2.24. The van der Waals surface area contributed by atoms with Crippen molar-refractivity contribution in [2.75, 3.05) is 4.90 Å². The second kappa shape index (κ2) is 13.4. The van der Waals surface area contributed by atoms with Crippen molar-refractivity contribution >= 4 is 60.5 Å². The fraction of sp³-hybridized carbons (Fsp3) is 0.0741. The van der Waals surface area contributed by atoms with Gasteiger partial charge in [-0.05, 0) is 97.2 Å². The van der Waals surface area contributed by atoms with Gasteiger partial charge in [0.05, 0.1) is 5.69 Å². The number of hydrogen-bond donors (Lipinski definition) is 0. The highest BCUT2D eigenvalue weighted by atomic mass is 16.3. The van der Waals surface area contributed by atoms with Crippen LogP contribution in [0.5, 0.6) is 0 Å². The number of rotatable bonds is 6. The Kier molecular flexibility index (Phi) is 8.08. The Labute approximate surface area is 327 Å². The molecule has 0 saturated heterocycles. The Morgan fingerprint density at radius 2 is 0.875 bits per heavy atom. The van der Waals surface area contributed by atoms with Crippen molar-refractivity contribution in [3.63, 3.8) is 0 Å². The van der Waals surface area contributed by atoms with Crippen molar-refractivity contribution in [1.29, 1.82) is 0 Å². The van der Waals surface area contributed by atoms with Crippen molar-refractivity contribution in [2.45, 2.75) is 26.2 Å². The zero-order valence-electron chi connectivity index (χ0n) is 31.8. The van der Waals surface area contributed by atoms with Gasteiger partial charge in [-0.3, -0.25) is 0 Å². The number of anilines is 3. The molecule has 0 saturated carbocycles. The minimum atomic E-state index is -0.0555. The number of furan rings is 1. The molecule has 0 N–H and O–H groups in total. The molecule has 0 bridgehead atoms. The van der Waals surface area contributed by atoms with E-state index in [4.69, 9.17) is 4.42 Å². The van der Waals surface area contributed by atoms with Crippen LogP contribution in [0.25, 0.3) is 76.9 Å². The fourth-order valence-electron chi connectivity index (χ4n) is 8.33. The predicted molar refractivity (Wildman–Crippen MR) is 238 cm³/mol. The maximum Gasteiger partial charge on any atom is 0.143 e. The topological polar surface area (TPSA) is 16.4 Å². The Balaban J connectivity index is 1.18. The van der Waals surface area contributed by atoms with Gasteiger partial charge in [0.1, 0.15) is 11.2 Å². The molecule has 2 nitrogen and oxygen atoms in total. The lowest BCUT2D eigenvalue weighted by Crippen LogP contribution is -2.14. The molecular formula is C54H41NO. The zero-order chi connectivity index (χ0) is 37.8. The average molecular weight is 720 g/mol. The van der Waals surface area contributed by atoms with E-state index in [0.29, 0.717) is 0 Å². The van der Waals surface area contributed by atoms with E-state index < -0.39 is 0 Å². The molecular weight excluding hydrogens is 679 g/mol. The van der Waals surface area contributed by atoms with Crippen LogP contribution >= 0.6 is 0 Å². The second-order valence-corrected chi connectivity index (χ2v) is 15.7. The van der Waals surface area contributed by atoms with Crippen molar-refractivity contribution in [3.8, 4) is 33.4 Å². The first kappa shape index (κ1) is 33.7. The van der Waals surface area contributed by atoms with Crippen LogP contribution in [0.2, 0.25) is 0 Å². The molecule has 1 heterocycles. The molecule has 0 aliphatic rings. The lowest BCUT2D eigenvalue weighted by atomic mass is 9.84. The summed E-state index contributed by atoms with van der Waals surface area (Å²) in [5.41, 5.74) is 13.3. The lowest BCUT2D eigenvalue weighted by Gasteiger charge is -2.30. The minimum absolute atomic E-state index is 0.0555. The molecule has 0 spiro atoms. The standard InChI is InChI=1S/C54H41NO/c1-54(2,3)40-29-34-51(50(35-40)49-23-12-22-48-47-19-8-9-24-52(47)56-53(48)49)55(41-30-25-38(26-31-41)45-20-10-15-36-13-4-6-17-43(36)45)42-32-27-39(28-33-42)46-21-11-16-37-14-5-7-18-44(37)46/h4-35H,1-3H3. The third-order valence-corrected chi connectivity index (χ3v) is 11.3. The van der Waals surface area contributed by atoms with Crippen LogP contribution in [0.4, 0.5) is 17.1 Å². The van der Waals surface area contributed by atoms with E-state index in [1.807, 2.05) is 6.07 Å². The van der Waals surface area contributed by atoms with Crippen LogP contribution in [0, 0.1) is 0 Å². The highest BCUT2D eigenvalue weighted by Crippen LogP contribution is 2.46. The van der Waals surface area contributed by atoms with Gasteiger partial charge in [0.25, 0.3) is 0 Å². The number of fused-ring (bicyclic) bond motifs is 5. The Morgan fingerprint density at radius 3 is 1.46 bits per heavy atom. The van der Waals surface area contributed by atoms with Gasteiger partial charge in [-0.15, -0.1) is 0 Å². The number of hydrogen-bond acceptors (Lipinski definition) is 2. The van der Waals surface area contributed by atoms with Crippen LogP contribution < -0.4 is 4.90 Å². The summed E-state index contributed by atoms with van der Waals surface area (Å²) in [5.74, 6) is 0. The summed E-state index contributed by atoms with van der Waals surface area (Å²) in [6.07, 6.45) is 0. The molecule has 0 amide bonds. The molecule has 0 atom stereocenters. The first-order chi connectivity index (χ1) is 27.4.